The number of rotatable bonds is 10. The number of nitrogens with one attached hydrogen (secondary N) is 2. The molecule has 1 atom stereocenters. The molecule has 1 unspecified atom stereocenters. The van der Waals surface area contributed by atoms with Crippen LogP contribution in [0.15, 0.2) is 29.7 Å². The second-order valence-corrected chi connectivity index (χ2v) is 8.96. The topological polar surface area (TPSA) is 97.0 Å². The fourth-order valence-corrected chi connectivity index (χ4v) is 4.94. The molecule has 9 heteroatoms. The average molecular weight is 426 g/mol. The fraction of sp³-hybridized carbons (Fsp3) is 0.550. The normalized spacial score (nSPS) is 17.3. The van der Waals surface area contributed by atoms with E-state index in [1.165, 1.54) is 26.4 Å². The zero-order valence-corrected chi connectivity index (χ0v) is 18.3. The lowest BCUT2D eigenvalue weighted by atomic mass is 10.1. The van der Waals surface area contributed by atoms with Crippen LogP contribution in [0, 0.1) is 0 Å². The van der Waals surface area contributed by atoms with Crippen LogP contribution in [0.5, 0.6) is 11.5 Å². The van der Waals surface area contributed by atoms with Crippen molar-refractivity contribution in [2.75, 3.05) is 33.9 Å². The highest BCUT2D eigenvalue weighted by Gasteiger charge is 2.27. The summed E-state index contributed by atoms with van der Waals surface area (Å²) in [6, 6.07) is 2.73. The first-order valence-electron chi connectivity index (χ1n) is 9.65. The lowest BCUT2D eigenvalue weighted by molar-refractivity contribution is 0.0941. The van der Waals surface area contributed by atoms with Gasteiger partial charge in [0, 0.05) is 30.7 Å². The first-order chi connectivity index (χ1) is 13.7. The van der Waals surface area contributed by atoms with E-state index in [2.05, 4.69) is 21.5 Å². The number of amides is 1. The highest BCUT2D eigenvalue weighted by molar-refractivity contribution is 7.89. The minimum Gasteiger partial charge on any atom is -0.493 e. The Kier molecular flexibility index (Phi) is 8.06. The van der Waals surface area contributed by atoms with Gasteiger partial charge in [0.15, 0.2) is 11.5 Å². The van der Waals surface area contributed by atoms with Crippen molar-refractivity contribution in [2.24, 2.45) is 0 Å². The van der Waals surface area contributed by atoms with Crippen molar-refractivity contribution in [1.29, 1.82) is 0 Å². The van der Waals surface area contributed by atoms with Crippen molar-refractivity contribution >= 4 is 15.9 Å². The Labute approximate surface area is 173 Å². The predicted molar refractivity (Wildman–Crippen MR) is 112 cm³/mol. The van der Waals surface area contributed by atoms with E-state index in [4.69, 9.17) is 9.47 Å². The molecule has 1 aliphatic heterocycles. The Morgan fingerprint density at radius 2 is 2.07 bits per heavy atom. The second kappa shape index (κ2) is 10.1. The quantitative estimate of drug-likeness (QED) is 0.555. The van der Waals surface area contributed by atoms with Gasteiger partial charge < -0.3 is 14.8 Å². The monoisotopic (exact) mass is 425 g/mol. The summed E-state index contributed by atoms with van der Waals surface area (Å²) in [7, 11) is -1.13. The van der Waals surface area contributed by atoms with Gasteiger partial charge in [0.25, 0.3) is 5.91 Å². The smallest absolute Gasteiger partial charge is 0.251 e. The van der Waals surface area contributed by atoms with Crippen LogP contribution in [-0.2, 0) is 10.0 Å². The number of nitrogens with zero attached hydrogens (tertiary/aromatic N) is 1. The molecule has 0 aliphatic carbocycles. The van der Waals surface area contributed by atoms with E-state index in [1.54, 1.807) is 13.8 Å². The number of hydrogen-bond acceptors (Lipinski definition) is 6. The number of hydrogen-bond donors (Lipinski definition) is 2. The van der Waals surface area contributed by atoms with E-state index in [1.807, 2.05) is 6.08 Å². The number of carbonyl (C=O) groups is 1. The van der Waals surface area contributed by atoms with Crippen molar-refractivity contribution in [3.63, 3.8) is 0 Å². The molecule has 1 aliphatic rings. The van der Waals surface area contributed by atoms with Gasteiger partial charge in [-0.25, -0.2) is 13.1 Å². The van der Waals surface area contributed by atoms with E-state index in [0.717, 1.165) is 25.9 Å². The lowest BCUT2D eigenvalue weighted by Gasteiger charge is -2.23. The standard InChI is InChI=1S/C20H31N3O5S/c1-6-9-23-10-7-8-16(23)13-21-20(24)15-11-17(27-4)19(28-5)18(12-15)29(25,26)22-14(2)3/h6,11-12,14,16,22H,1,7-10,13H2,2-5H3,(H,21,24). The van der Waals surface area contributed by atoms with Crippen molar-refractivity contribution in [3.8, 4) is 11.5 Å². The predicted octanol–water partition coefficient (Wildman–Crippen LogP) is 1.77. The van der Waals surface area contributed by atoms with Crippen LogP contribution in [0.4, 0.5) is 0 Å². The van der Waals surface area contributed by atoms with Gasteiger partial charge in [-0.1, -0.05) is 6.08 Å². The van der Waals surface area contributed by atoms with Crippen LogP contribution < -0.4 is 19.5 Å². The minimum atomic E-state index is -3.89. The zero-order valence-electron chi connectivity index (χ0n) is 17.5. The maximum Gasteiger partial charge on any atom is 0.251 e. The Morgan fingerprint density at radius 3 is 2.66 bits per heavy atom. The van der Waals surface area contributed by atoms with Crippen LogP contribution in [0.25, 0.3) is 0 Å². The van der Waals surface area contributed by atoms with E-state index in [9.17, 15) is 13.2 Å². The molecule has 1 aromatic rings. The van der Waals surface area contributed by atoms with Gasteiger partial charge in [-0.2, -0.15) is 0 Å². The Hall–Kier alpha value is -2.10. The Bertz CT molecular complexity index is 839. The highest BCUT2D eigenvalue weighted by Crippen LogP contribution is 2.35. The van der Waals surface area contributed by atoms with Crippen LogP contribution in [0.1, 0.15) is 37.0 Å². The van der Waals surface area contributed by atoms with Crippen molar-refractivity contribution in [1.82, 2.24) is 14.9 Å². The first kappa shape index (κ1) is 23.2. The number of benzene rings is 1. The van der Waals surface area contributed by atoms with E-state index >= 15 is 0 Å². The van der Waals surface area contributed by atoms with Crippen LogP contribution in [0.3, 0.4) is 0 Å². The molecule has 0 saturated carbocycles. The second-order valence-electron chi connectivity index (χ2n) is 7.28. The molecule has 1 aromatic carbocycles. The summed E-state index contributed by atoms with van der Waals surface area (Å²) in [5.41, 5.74) is 0.194. The summed E-state index contributed by atoms with van der Waals surface area (Å²) in [6.45, 7) is 9.44. The molecule has 1 amide bonds. The molecular weight excluding hydrogens is 394 g/mol. The zero-order chi connectivity index (χ0) is 21.6. The van der Waals surface area contributed by atoms with Crippen LogP contribution in [-0.4, -0.2) is 65.2 Å². The SMILES string of the molecule is C=CCN1CCCC1CNC(=O)c1cc(OC)c(OC)c(S(=O)(=O)NC(C)C)c1. The van der Waals surface area contributed by atoms with Crippen molar-refractivity contribution in [2.45, 2.75) is 43.7 Å². The maximum absolute atomic E-state index is 12.8. The van der Waals surface area contributed by atoms with E-state index < -0.39 is 10.0 Å². The molecule has 29 heavy (non-hydrogen) atoms. The minimum absolute atomic E-state index is 0.0603. The van der Waals surface area contributed by atoms with Crippen LogP contribution >= 0.6 is 0 Å². The van der Waals surface area contributed by atoms with Gasteiger partial charge in [-0.05, 0) is 45.4 Å². The lowest BCUT2D eigenvalue weighted by Crippen LogP contribution is -2.40. The number of carbonyl (C=O) groups excluding carboxylic acids is 1. The largest absolute Gasteiger partial charge is 0.493 e. The number of ether oxygens (including phenoxy) is 2. The summed E-state index contributed by atoms with van der Waals surface area (Å²) < 4.78 is 38.6. The summed E-state index contributed by atoms with van der Waals surface area (Å²) in [4.78, 5) is 14.9. The molecule has 1 saturated heterocycles. The molecule has 8 nitrogen and oxygen atoms in total. The molecule has 2 N–H and O–H groups in total. The molecule has 0 aromatic heterocycles. The highest BCUT2D eigenvalue weighted by atomic mass is 32.2. The summed E-state index contributed by atoms with van der Waals surface area (Å²) in [6.07, 6.45) is 3.93. The molecule has 0 spiro atoms. The van der Waals surface area contributed by atoms with Crippen molar-refractivity contribution < 1.29 is 22.7 Å². The van der Waals surface area contributed by atoms with E-state index in [0.29, 0.717) is 6.54 Å². The number of sulfonamides is 1. The molecule has 1 fully saturated rings. The number of likely N-dealkylation sites (tertiary alicyclic amines) is 1. The third-order valence-corrected chi connectivity index (χ3v) is 6.41. The third-order valence-electron chi connectivity index (χ3n) is 4.75. The van der Waals surface area contributed by atoms with Gasteiger partial charge in [-0.3, -0.25) is 9.69 Å². The summed E-state index contributed by atoms with van der Waals surface area (Å²) >= 11 is 0. The Morgan fingerprint density at radius 1 is 1.34 bits per heavy atom. The van der Waals surface area contributed by atoms with E-state index in [-0.39, 0.29) is 39.9 Å². The van der Waals surface area contributed by atoms with Gasteiger partial charge in [0.1, 0.15) is 4.90 Å². The molecule has 0 bridgehead atoms. The van der Waals surface area contributed by atoms with Gasteiger partial charge in [0.2, 0.25) is 10.0 Å². The molecule has 0 radical (unpaired) electrons. The maximum atomic E-state index is 12.8. The average Bonchev–Trinajstić information content (AvgIpc) is 3.11. The summed E-state index contributed by atoms with van der Waals surface area (Å²) in [5.74, 6) is -0.124. The van der Waals surface area contributed by atoms with Crippen molar-refractivity contribution in [3.05, 3.63) is 30.4 Å². The molecule has 2 rings (SSSR count). The van der Waals surface area contributed by atoms with Gasteiger partial charge in [0.05, 0.1) is 14.2 Å². The first-order valence-corrected chi connectivity index (χ1v) is 11.1. The number of methoxy groups -OCH3 is 2. The fourth-order valence-electron chi connectivity index (χ4n) is 3.48. The van der Waals surface area contributed by atoms with Crippen LogP contribution in [0.2, 0.25) is 0 Å². The van der Waals surface area contributed by atoms with Gasteiger partial charge in [-0.15, -0.1) is 6.58 Å². The summed E-state index contributed by atoms with van der Waals surface area (Å²) in [5, 5.41) is 2.91. The molecular formula is C20H31N3O5S. The Balaban J connectivity index is 2.29. The van der Waals surface area contributed by atoms with Gasteiger partial charge >= 0.3 is 0 Å². The molecule has 1 heterocycles. The molecule has 162 valence electrons. The third kappa shape index (κ3) is 5.71.